The predicted molar refractivity (Wildman–Crippen MR) is 77.5 cm³/mol. The highest BCUT2D eigenvalue weighted by Crippen LogP contribution is 2.32. The molecule has 0 aliphatic heterocycles. The zero-order chi connectivity index (χ0) is 13.1. The van der Waals surface area contributed by atoms with Crippen molar-refractivity contribution in [3.05, 3.63) is 29.6 Å². The van der Waals surface area contributed by atoms with Crippen molar-refractivity contribution in [1.82, 2.24) is 4.98 Å². The van der Waals surface area contributed by atoms with E-state index in [0.29, 0.717) is 0 Å². The standard InChI is InChI=1S/C12H17N.2C2H6/c1-2-10-7-8-12(13-9-10)11-5-3-4-6-11;2*1-2/h7-9,11H,2-6H2,1H3;2*1-2H3. The molecule has 98 valence electrons. The Labute approximate surface area is 108 Å². The van der Waals surface area contributed by atoms with Crippen LogP contribution < -0.4 is 0 Å². The minimum Gasteiger partial charge on any atom is -0.261 e. The van der Waals surface area contributed by atoms with Gasteiger partial charge in [0.1, 0.15) is 0 Å². The molecule has 1 aromatic rings. The van der Waals surface area contributed by atoms with E-state index in [1.165, 1.54) is 36.9 Å². The lowest BCUT2D eigenvalue weighted by atomic mass is 10.0. The van der Waals surface area contributed by atoms with Gasteiger partial charge in [-0.15, -0.1) is 0 Å². The van der Waals surface area contributed by atoms with Gasteiger partial charge in [0.15, 0.2) is 0 Å². The van der Waals surface area contributed by atoms with Gasteiger partial charge in [0, 0.05) is 17.8 Å². The first kappa shape index (κ1) is 16.1. The van der Waals surface area contributed by atoms with Crippen LogP contribution in [-0.2, 0) is 6.42 Å². The first-order valence-electron chi connectivity index (χ1n) is 7.35. The first-order chi connectivity index (χ1) is 8.40. The third-order valence-electron chi connectivity index (χ3n) is 3.03. The van der Waals surface area contributed by atoms with E-state index in [1.54, 1.807) is 0 Å². The van der Waals surface area contributed by atoms with Gasteiger partial charge in [-0.05, 0) is 30.9 Å². The lowest BCUT2D eigenvalue weighted by Crippen LogP contribution is -1.96. The number of hydrogen-bond donors (Lipinski definition) is 0. The van der Waals surface area contributed by atoms with Crippen molar-refractivity contribution in [1.29, 1.82) is 0 Å². The van der Waals surface area contributed by atoms with E-state index in [-0.39, 0.29) is 0 Å². The molecule has 2 rings (SSSR count). The maximum absolute atomic E-state index is 4.53. The maximum atomic E-state index is 4.53. The molecule has 0 radical (unpaired) electrons. The van der Waals surface area contributed by atoms with Gasteiger partial charge < -0.3 is 0 Å². The Morgan fingerprint density at radius 3 is 2.06 bits per heavy atom. The summed E-state index contributed by atoms with van der Waals surface area (Å²) < 4.78 is 0. The zero-order valence-corrected chi connectivity index (χ0v) is 12.3. The van der Waals surface area contributed by atoms with Gasteiger partial charge in [-0.2, -0.15) is 0 Å². The summed E-state index contributed by atoms with van der Waals surface area (Å²) in [5, 5.41) is 0. The second-order valence-corrected chi connectivity index (χ2v) is 3.93. The average Bonchev–Trinajstić information content (AvgIpc) is 2.97. The van der Waals surface area contributed by atoms with Crippen molar-refractivity contribution in [3.63, 3.8) is 0 Å². The first-order valence-corrected chi connectivity index (χ1v) is 7.35. The van der Waals surface area contributed by atoms with Crippen molar-refractivity contribution in [2.24, 2.45) is 0 Å². The second-order valence-electron chi connectivity index (χ2n) is 3.93. The SMILES string of the molecule is CC.CC.CCc1ccc(C2CCCC2)nc1. The Kier molecular flexibility index (Phi) is 9.80. The fraction of sp³-hybridized carbons (Fsp3) is 0.688. The summed E-state index contributed by atoms with van der Waals surface area (Å²) in [7, 11) is 0. The quantitative estimate of drug-likeness (QED) is 0.673. The summed E-state index contributed by atoms with van der Waals surface area (Å²) in [6.07, 6.45) is 8.60. The van der Waals surface area contributed by atoms with Gasteiger partial charge in [-0.3, -0.25) is 4.98 Å². The Hall–Kier alpha value is -0.850. The lowest BCUT2D eigenvalue weighted by molar-refractivity contribution is 0.696. The molecule has 1 heterocycles. The van der Waals surface area contributed by atoms with Crippen LogP contribution >= 0.6 is 0 Å². The molecule has 0 atom stereocenters. The Morgan fingerprint density at radius 1 is 1.06 bits per heavy atom. The zero-order valence-electron chi connectivity index (χ0n) is 12.3. The van der Waals surface area contributed by atoms with Crippen molar-refractivity contribution in [2.75, 3.05) is 0 Å². The molecule has 1 nitrogen and oxygen atoms in total. The Bertz CT molecular complexity index is 257. The van der Waals surface area contributed by atoms with E-state index < -0.39 is 0 Å². The maximum Gasteiger partial charge on any atom is 0.0434 e. The van der Waals surface area contributed by atoms with Crippen LogP contribution in [0.4, 0.5) is 0 Å². The highest BCUT2D eigenvalue weighted by atomic mass is 14.7. The smallest absolute Gasteiger partial charge is 0.0434 e. The van der Waals surface area contributed by atoms with Gasteiger partial charge in [0.2, 0.25) is 0 Å². The molecule has 0 N–H and O–H groups in total. The highest BCUT2D eigenvalue weighted by molar-refractivity contribution is 5.17. The normalized spacial score (nSPS) is 14.4. The Balaban J connectivity index is 0.000000581. The van der Waals surface area contributed by atoms with Gasteiger partial charge in [0.25, 0.3) is 0 Å². The minimum atomic E-state index is 0.755. The number of aryl methyl sites for hydroxylation is 1. The van der Waals surface area contributed by atoms with Gasteiger partial charge in [-0.1, -0.05) is 53.5 Å². The molecule has 1 saturated carbocycles. The molecule has 0 aromatic carbocycles. The van der Waals surface area contributed by atoms with Gasteiger partial charge in [-0.25, -0.2) is 0 Å². The van der Waals surface area contributed by atoms with Crippen LogP contribution in [0, 0.1) is 0 Å². The summed E-state index contributed by atoms with van der Waals surface area (Å²) in [6, 6.07) is 4.44. The molecule has 1 aliphatic carbocycles. The molecule has 1 aromatic heterocycles. The molecule has 17 heavy (non-hydrogen) atoms. The third kappa shape index (κ3) is 5.34. The topological polar surface area (TPSA) is 12.9 Å². The van der Waals surface area contributed by atoms with Crippen LogP contribution in [0.5, 0.6) is 0 Å². The van der Waals surface area contributed by atoms with Crippen LogP contribution in [0.25, 0.3) is 0 Å². The highest BCUT2D eigenvalue weighted by Gasteiger charge is 2.17. The van der Waals surface area contributed by atoms with E-state index in [9.17, 15) is 0 Å². The Morgan fingerprint density at radius 2 is 1.65 bits per heavy atom. The van der Waals surface area contributed by atoms with Crippen LogP contribution in [0.3, 0.4) is 0 Å². The lowest BCUT2D eigenvalue weighted by Gasteiger charge is -2.07. The number of rotatable bonds is 2. The van der Waals surface area contributed by atoms with Crippen LogP contribution in [-0.4, -0.2) is 4.98 Å². The molecule has 1 heteroatoms. The molecule has 0 spiro atoms. The number of aromatic nitrogens is 1. The van der Waals surface area contributed by atoms with Crippen molar-refractivity contribution in [3.8, 4) is 0 Å². The van der Waals surface area contributed by atoms with Crippen LogP contribution in [0.1, 0.15) is 77.5 Å². The van der Waals surface area contributed by atoms with E-state index >= 15 is 0 Å². The average molecular weight is 235 g/mol. The van der Waals surface area contributed by atoms with Crippen LogP contribution in [0.15, 0.2) is 18.3 Å². The molecular weight excluding hydrogens is 206 g/mol. The van der Waals surface area contributed by atoms with Gasteiger partial charge in [0.05, 0.1) is 0 Å². The third-order valence-corrected chi connectivity index (χ3v) is 3.03. The number of pyridine rings is 1. The molecule has 0 amide bonds. The minimum absolute atomic E-state index is 0.755. The van der Waals surface area contributed by atoms with E-state index in [1.807, 2.05) is 33.9 Å². The van der Waals surface area contributed by atoms with Crippen LogP contribution in [0.2, 0.25) is 0 Å². The van der Waals surface area contributed by atoms with Crippen molar-refractivity contribution >= 4 is 0 Å². The summed E-state index contributed by atoms with van der Waals surface area (Å²) in [5.74, 6) is 0.755. The van der Waals surface area contributed by atoms with E-state index in [2.05, 4.69) is 24.0 Å². The molecule has 1 fully saturated rings. The summed E-state index contributed by atoms with van der Waals surface area (Å²) in [4.78, 5) is 4.53. The molecule has 1 aliphatic rings. The molecule has 0 unspecified atom stereocenters. The fourth-order valence-electron chi connectivity index (χ4n) is 2.11. The second kappa shape index (κ2) is 10.3. The largest absolute Gasteiger partial charge is 0.261 e. The molecular formula is C16H29N. The number of nitrogens with zero attached hydrogens (tertiary/aromatic N) is 1. The predicted octanol–water partition coefficient (Wildman–Crippen LogP) is 5.35. The van der Waals surface area contributed by atoms with E-state index in [0.717, 1.165) is 12.3 Å². The summed E-state index contributed by atoms with van der Waals surface area (Å²) in [5.41, 5.74) is 2.66. The van der Waals surface area contributed by atoms with Gasteiger partial charge >= 0.3 is 0 Å². The molecule has 0 bridgehead atoms. The summed E-state index contributed by atoms with van der Waals surface area (Å²) >= 11 is 0. The fourth-order valence-corrected chi connectivity index (χ4v) is 2.11. The summed E-state index contributed by atoms with van der Waals surface area (Å²) in [6.45, 7) is 10.2. The molecule has 0 saturated heterocycles. The number of hydrogen-bond acceptors (Lipinski definition) is 1. The monoisotopic (exact) mass is 235 g/mol. The van der Waals surface area contributed by atoms with E-state index in [4.69, 9.17) is 0 Å². The van der Waals surface area contributed by atoms with Crippen molar-refractivity contribution in [2.45, 2.75) is 72.6 Å². The van der Waals surface area contributed by atoms with Crippen molar-refractivity contribution < 1.29 is 0 Å².